The molecule has 2 heteroatoms. The molecule has 0 fully saturated rings. The molecule has 0 bridgehead atoms. The van der Waals surface area contributed by atoms with Gasteiger partial charge in [0.05, 0.1) is 6.04 Å². The number of likely N-dealkylation sites (N-methyl/N-ethyl adjacent to an activating group) is 2. The van der Waals surface area contributed by atoms with Crippen molar-refractivity contribution in [3.8, 4) is 0 Å². The van der Waals surface area contributed by atoms with Crippen molar-refractivity contribution in [1.82, 2.24) is 10.2 Å². The summed E-state index contributed by atoms with van der Waals surface area (Å²) in [6.07, 6.45) is 1.12. The average molecular weight is 248 g/mol. The van der Waals surface area contributed by atoms with E-state index in [0.717, 1.165) is 13.0 Å². The summed E-state index contributed by atoms with van der Waals surface area (Å²) in [4.78, 5) is 2.34. The molecule has 0 radical (unpaired) electrons. The van der Waals surface area contributed by atoms with Crippen LogP contribution in [0.15, 0.2) is 24.3 Å². The number of hydrogen-bond donors (Lipinski definition) is 1. The van der Waals surface area contributed by atoms with Crippen LogP contribution < -0.4 is 5.32 Å². The summed E-state index contributed by atoms with van der Waals surface area (Å²) in [7, 11) is 4.34. The summed E-state index contributed by atoms with van der Waals surface area (Å²) in [5, 5.41) is 3.66. The van der Waals surface area contributed by atoms with Gasteiger partial charge in [0.2, 0.25) is 0 Å². The molecule has 0 aromatic heterocycles. The Bertz CT molecular complexity index is 373. The Balaban J connectivity index is 3.16. The second-order valence-electron chi connectivity index (χ2n) is 5.51. The van der Waals surface area contributed by atoms with Gasteiger partial charge in [0.25, 0.3) is 0 Å². The maximum absolute atomic E-state index is 3.66. The summed E-state index contributed by atoms with van der Waals surface area (Å²) in [6.45, 7) is 9.92. The highest BCUT2D eigenvalue weighted by Crippen LogP contribution is 2.32. The van der Waals surface area contributed by atoms with E-state index in [2.05, 4.69) is 76.3 Å². The van der Waals surface area contributed by atoms with E-state index in [-0.39, 0.29) is 5.54 Å². The van der Waals surface area contributed by atoms with E-state index in [1.165, 1.54) is 11.1 Å². The van der Waals surface area contributed by atoms with E-state index in [0.29, 0.717) is 6.04 Å². The highest BCUT2D eigenvalue weighted by Gasteiger charge is 2.35. The third kappa shape index (κ3) is 3.12. The van der Waals surface area contributed by atoms with Crippen molar-refractivity contribution in [3.63, 3.8) is 0 Å². The molecular formula is C16H28N2. The molecule has 0 saturated carbocycles. The fraction of sp³-hybridized carbons (Fsp3) is 0.625. The molecule has 1 aromatic rings. The lowest BCUT2D eigenvalue weighted by Crippen LogP contribution is -2.51. The fourth-order valence-corrected chi connectivity index (χ4v) is 2.53. The second-order valence-corrected chi connectivity index (χ2v) is 5.51. The lowest BCUT2D eigenvalue weighted by Gasteiger charge is -2.43. The summed E-state index contributed by atoms with van der Waals surface area (Å²) < 4.78 is 0. The molecule has 18 heavy (non-hydrogen) atoms. The van der Waals surface area contributed by atoms with Crippen molar-refractivity contribution in [3.05, 3.63) is 35.4 Å². The quantitative estimate of drug-likeness (QED) is 0.830. The van der Waals surface area contributed by atoms with Crippen LogP contribution in [0.3, 0.4) is 0 Å². The second kappa shape index (κ2) is 6.35. The van der Waals surface area contributed by atoms with Crippen LogP contribution in [0.4, 0.5) is 0 Å². The van der Waals surface area contributed by atoms with Crippen molar-refractivity contribution in [2.24, 2.45) is 0 Å². The lowest BCUT2D eigenvalue weighted by molar-refractivity contribution is 0.113. The maximum Gasteiger partial charge on any atom is 0.0504 e. The number of rotatable bonds is 6. The molecule has 0 amide bonds. The third-order valence-electron chi connectivity index (χ3n) is 4.14. The first-order valence-corrected chi connectivity index (χ1v) is 6.93. The minimum absolute atomic E-state index is 0.129. The molecule has 0 saturated heterocycles. The average Bonchev–Trinajstić information content (AvgIpc) is 2.34. The van der Waals surface area contributed by atoms with Crippen molar-refractivity contribution in [2.75, 3.05) is 20.6 Å². The van der Waals surface area contributed by atoms with E-state index < -0.39 is 0 Å². The first-order valence-electron chi connectivity index (χ1n) is 6.93. The standard InChI is InChI=1S/C16H28N2/c1-7-16(4,18(5)6)15(17-8-2)14-11-9-10-13(3)12-14/h9-12,15,17H,7-8H2,1-6H3. The van der Waals surface area contributed by atoms with Crippen molar-refractivity contribution >= 4 is 0 Å². The molecule has 102 valence electrons. The van der Waals surface area contributed by atoms with Gasteiger partial charge in [-0.05, 0) is 46.5 Å². The van der Waals surface area contributed by atoms with Crippen LogP contribution in [0, 0.1) is 6.92 Å². The van der Waals surface area contributed by atoms with E-state index >= 15 is 0 Å². The van der Waals surface area contributed by atoms with E-state index in [9.17, 15) is 0 Å². The van der Waals surface area contributed by atoms with Crippen molar-refractivity contribution in [1.29, 1.82) is 0 Å². The van der Waals surface area contributed by atoms with Gasteiger partial charge < -0.3 is 10.2 Å². The Kier molecular flexibility index (Phi) is 5.36. The highest BCUT2D eigenvalue weighted by molar-refractivity contribution is 5.27. The van der Waals surface area contributed by atoms with Gasteiger partial charge >= 0.3 is 0 Å². The molecular weight excluding hydrogens is 220 g/mol. The van der Waals surface area contributed by atoms with Gasteiger partial charge in [0, 0.05) is 5.54 Å². The summed E-state index contributed by atoms with van der Waals surface area (Å²) in [5.74, 6) is 0. The van der Waals surface area contributed by atoms with Crippen LogP contribution in [0.2, 0.25) is 0 Å². The molecule has 2 nitrogen and oxygen atoms in total. The normalized spacial score (nSPS) is 16.6. The highest BCUT2D eigenvalue weighted by atomic mass is 15.2. The predicted molar refractivity (Wildman–Crippen MR) is 80.0 cm³/mol. The first kappa shape index (κ1) is 15.2. The zero-order chi connectivity index (χ0) is 13.8. The van der Waals surface area contributed by atoms with Gasteiger partial charge in [-0.2, -0.15) is 0 Å². The predicted octanol–water partition coefficient (Wildman–Crippen LogP) is 3.38. The molecule has 0 aliphatic heterocycles. The number of benzene rings is 1. The van der Waals surface area contributed by atoms with Gasteiger partial charge in [-0.15, -0.1) is 0 Å². The molecule has 2 atom stereocenters. The summed E-state index contributed by atoms with van der Waals surface area (Å²) in [6, 6.07) is 9.21. The van der Waals surface area contributed by atoms with Gasteiger partial charge in [-0.25, -0.2) is 0 Å². The monoisotopic (exact) mass is 248 g/mol. The molecule has 0 aliphatic rings. The van der Waals surface area contributed by atoms with Gasteiger partial charge in [-0.1, -0.05) is 43.7 Å². The topological polar surface area (TPSA) is 15.3 Å². The molecule has 2 unspecified atom stereocenters. The zero-order valence-electron chi connectivity index (χ0n) is 12.7. The van der Waals surface area contributed by atoms with Crippen molar-refractivity contribution in [2.45, 2.75) is 45.7 Å². The van der Waals surface area contributed by atoms with Gasteiger partial charge in [0.15, 0.2) is 0 Å². The molecule has 0 heterocycles. The largest absolute Gasteiger partial charge is 0.309 e. The first-order chi connectivity index (χ1) is 8.45. The Morgan fingerprint density at radius 3 is 2.39 bits per heavy atom. The van der Waals surface area contributed by atoms with Crippen LogP contribution in [0.5, 0.6) is 0 Å². The third-order valence-corrected chi connectivity index (χ3v) is 4.14. The van der Waals surface area contributed by atoms with E-state index in [4.69, 9.17) is 0 Å². The van der Waals surface area contributed by atoms with E-state index in [1.54, 1.807) is 0 Å². The van der Waals surface area contributed by atoms with E-state index in [1.807, 2.05) is 0 Å². The van der Waals surface area contributed by atoms with Crippen LogP contribution >= 0.6 is 0 Å². The Morgan fingerprint density at radius 2 is 1.94 bits per heavy atom. The fourth-order valence-electron chi connectivity index (χ4n) is 2.53. The maximum atomic E-state index is 3.66. The lowest BCUT2D eigenvalue weighted by atomic mass is 9.83. The van der Waals surface area contributed by atoms with Crippen LogP contribution in [0.1, 0.15) is 44.4 Å². The minimum atomic E-state index is 0.129. The van der Waals surface area contributed by atoms with Gasteiger partial charge in [-0.3, -0.25) is 0 Å². The molecule has 1 aromatic carbocycles. The van der Waals surface area contributed by atoms with Crippen molar-refractivity contribution < 1.29 is 0 Å². The Morgan fingerprint density at radius 1 is 1.28 bits per heavy atom. The van der Waals surface area contributed by atoms with Crippen LogP contribution in [-0.4, -0.2) is 31.1 Å². The summed E-state index contributed by atoms with van der Waals surface area (Å²) >= 11 is 0. The molecule has 1 N–H and O–H groups in total. The molecule has 0 spiro atoms. The summed E-state index contributed by atoms with van der Waals surface area (Å²) in [5.41, 5.74) is 2.84. The molecule has 0 aliphatic carbocycles. The zero-order valence-corrected chi connectivity index (χ0v) is 12.7. The Hall–Kier alpha value is -0.860. The SMILES string of the molecule is CCNC(c1cccc(C)c1)C(C)(CC)N(C)C. The van der Waals surface area contributed by atoms with Crippen LogP contribution in [0.25, 0.3) is 0 Å². The minimum Gasteiger partial charge on any atom is -0.309 e. The van der Waals surface area contributed by atoms with Crippen LogP contribution in [-0.2, 0) is 0 Å². The number of aryl methyl sites for hydroxylation is 1. The number of nitrogens with zero attached hydrogens (tertiary/aromatic N) is 1. The Labute approximate surface area is 112 Å². The number of hydrogen-bond acceptors (Lipinski definition) is 2. The number of nitrogens with one attached hydrogen (secondary N) is 1. The smallest absolute Gasteiger partial charge is 0.0504 e. The molecule has 1 rings (SSSR count). The van der Waals surface area contributed by atoms with Gasteiger partial charge in [0.1, 0.15) is 0 Å².